The minimum Gasteiger partial charge on any atom is -0.493 e. The molecule has 0 radical (unpaired) electrons. The highest BCUT2D eigenvalue weighted by molar-refractivity contribution is 5.89. The first kappa shape index (κ1) is 32.9. The number of alkyl halides is 3. The van der Waals surface area contributed by atoms with Crippen molar-refractivity contribution >= 4 is 17.7 Å². The number of anilines is 1. The molecule has 1 saturated carbocycles. The number of likely N-dealkylation sites (tertiary alicyclic amines) is 1. The minimum atomic E-state index is -5.08. The number of hydrogen-bond donors (Lipinski definition) is 3. The number of rotatable bonds is 8. The smallest absolute Gasteiger partial charge is 0.490 e. The lowest BCUT2D eigenvalue weighted by Gasteiger charge is -2.45. The molecule has 8 nitrogen and oxygen atoms in total. The summed E-state index contributed by atoms with van der Waals surface area (Å²) in [5, 5.41) is 12.8. The fourth-order valence-corrected chi connectivity index (χ4v) is 5.81. The number of urea groups is 1. The second-order valence-corrected chi connectivity index (χ2v) is 10.4. The van der Waals surface area contributed by atoms with Crippen molar-refractivity contribution in [1.29, 1.82) is 0 Å². The number of carbonyl (C=O) groups is 2. The summed E-state index contributed by atoms with van der Waals surface area (Å²) < 4.78 is 69.5. The number of methoxy groups -OCH3 is 2. The number of ether oxygens (including phenoxy) is 2. The molecule has 2 fully saturated rings. The second-order valence-electron chi connectivity index (χ2n) is 10.4. The summed E-state index contributed by atoms with van der Waals surface area (Å²) in [6.45, 7) is 4.25. The standard InChI is InChI=1S/C27H35F2N3O3.C2HF3O2/c1-4-5-13-32-14-12-27(18-6-9-23(34-2)24(15-18)35-3)11-10-20(17-25(27)32)31-26(33)30-19-7-8-21(28)22(29)16-19;3-2(4,5)1(6)7/h6-9,15-16,20,25H,4-5,10-14,17H2,1-3H3,(H2,30,31,33);(H,6,7)/t20-,25+,27+;/m1./s1. The van der Waals surface area contributed by atoms with Gasteiger partial charge in [0.2, 0.25) is 0 Å². The van der Waals surface area contributed by atoms with Gasteiger partial charge >= 0.3 is 18.2 Å². The number of hydrogen-bond acceptors (Lipinski definition) is 5. The van der Waals surface area contributed by atoms with Crippen molar-refractivity contribution < 1.29 is 46.1 Å². The molecule has 2 aromatic carbocycles. The number of amides is 2. The summed E-state index contributed by atoms with van der Waals surface area (Å²) in [7, 11) is 3.30. The average Bonchev–Trinajstić information content (AvgIpc) is 3.32. The molecule has 0 aromatic heterocycles. The summed E-state index contributed by atoms with van der Waals surface area (Å²) >= 11 is 0. The quantitative estimate of drug-likeness (QED) is 0.316. The maximum Gasteiger partial charge on any atom is 0.490 e. The van der Waals surface area contributed by atoms with Crippen molar-refractivity contribution in [2.24, 2.45) is 0 Å². The molecule has 1 aliphatic heterocycles. The van der Waals surface area contributed by atoms with Crippen LogP contribution in [-0.2, 0) is 10.2 Å². The summed E-state index contributed by atoms with van der Waals surface area (Å²) in [6.07, 6.45) is 0.829. The predicted molar refractivity (Wildman–Crippen MR) is 146 cm³/mol. The summed E-state index contributed by atoms with van der Waals surface area (Å²) in [4.78, 5) is 24.1. The van der Waals surface area contributed by atoms with Gasteiger partial charge in [0.05, 0.1) is 14.2 Å². The molecule has 2 amide bonds. The van der Waals surface area contributed by atoms with E-state index in [1.54, 1.807) is 14.2 Å². The van der Waals surface area contributed by atoms with Gasteiger partial charge in [-0.1, -0.05) is 19.4 Å². The van der Waals surface area contributed by atoms with Crippen molar-refractivity contribution in [2.45, 2.75) is 69.1 Å². The van der Waals surface area contributed by atoms with Crippen molar-refractivity contribution in [3.05, 3.63) is 53.6 Å². The summed E-state index contributed by atoms with van der Waals surface area (Å²) in [5.41, 5.74) is 1.47. The first-order chi connectivity index (χ1) is 19.8. The zero-order chi connectivity index (χ0) is 31.1. The van der Waals surface area contributed by atoms with E-state index in [4.69, 9.17) is 19.4 Å². The maximum absolute atomic E-state index is 13.5. The first-order valence-electron chi connectivity index (χ1n) is 13.6. The van der Waals surface area contributed by atoms with Crippen LogP contribution in [0.2, 0.25) is 0 Å². The minimum absolute atomic E-state index is 0.0119. The van der Waals surface area contributed by atoms with E-state index in [0.29, 0.717) is 5.75 Å². The molecule has 4 rings (SSSR count). The Bertz CT molecular complexity index is 1240. The lowest BCUT2D eigenvalue weighted by atomic mass is 9.65. The number of benzene rings is 2. The summed E-state index contributed by atoms with van der Waals surface area (Å²) in [6, 6.07) is 9.46. The maximum atomic E-state index is 13.5. The molecule has 0 bridgehead atoms. The van der Waals surface area contributed by atoms with Crippen molar-refractivity contribution in [1.82, 2.24) is 10.2 Å². The Labute approximate surface area is 241 Å². The van der Waals surface area contributed by atoms with Crippen LogP contribution in [0.1, 0.15) is 51.0 Å². The monoisotopic (exact) mass is 601 g/mol. The number of aliphatic carboxylic acids is 1. The third-order valence-electron chi connectivity index (χ3n) is 7.88. The second kappa shape index (κ2) is 14.0. The van der Waals surface area contributed by atoms with Crippen LogP contribution in [0.15, 0.2) is 36.4 Å². The fourth-order valence-electron chi connectivity index (χ4n) is 5.81. The van der Waals surface area contributed by atoms with Gasteiger partial charge in [0.1, 0.15) is 0 Å². The Balaban J connectivity index is 0.000000616. The van der Waals surface area contributed by atoms with E-state index < -0.39 is 29.8 Å². The lowest BCUT2D eigenvalue weighted by molar-refractivity contribution is -0.192. The number of carbonyl (C=O) groups excluding carboxylic acids is 1. The van der Waals surface area contributed by atoms with E-state index in [1.165, 1.54) is 11.6 Å². The molecule has 3 atom stereocenters. The van der Waals surface area contributed by atoms with Gasteiger partial charge in [-0.2, -0.15) is 13.2 Å². The molecule has 0 unspecified atom stereocenters. The van der Waals surface area contributed by atoms with Gasteiger partial charge in [0, 0.05) is 29.3 Å². The first-order valence-corrected chi connectivity index (χ1v) is 13.6. The van der Waals surface area contributed by atoms with Gasteiger partial charge in [-0.05, 0) is 75.0 Å². The number of nitrogens with one attached hydrogen (secondary N) is 2. The van der Waals surface area contributed by atoms with E-state index in [1.807, 2.05) is 6.07 Å². The Morgan fingerprint density at radius 2 is 1.74 bits per heavy atom. The van der Waals surface area contributed by atoms with Crippen LogP contribution in [0.3, 0.4) is 0 Å². The van der Waals surface area contributed by atoms with Crippen LogP contribution in [0.25, 0.3) is 0 Å². The van der Waals surface area contributed by atoms with E-state index in [9.17, 15) is 26.7 Å². The molecule has 1 saturated heterocycles. The molecular formula is C29H36F5N3O5. The average molecular weight is 602 g/mol. The molecule has 0 spiro atoms. The number of nitrogens with zero attached hydrogens (tertiary/aromatic N) is 1. The van der Waals surface area contributed by atoms with Crippen LogP contribution < -0.4 is 20.1 Å². The molecule has 1 aliphatic carbocycles. The van der Waals surface area contributed by atoms with E-state index in [0.717, 1.165) is 69.5 Å². The number of carboxylic acids is 1. The zero-order valence-corrected chi connectivity index (χ0v) is 23.7. The van der Waals surface area contributed by atoms with Gasteiger partial charge in [-0.3, -0.25) is 4.90 Å². The van der Waals surface area contributed by atoms with Crippen LogP contribution in [0.5, 0.6) is 11.5 Å². The largest absolute Gasteiger partial charge is 0.493 e. The zero-order valence-electron chi connectivity index (χ0n) is 23.7. The third-order valence-corrected chi connectivity index (χ3v) is 7.88. The highest BCUT2D eigenvalue weighted by Gasteiger charge is 2.51. The molecule has 3 N–H and O–H groups in total. The van der Waals surface area contributed by atoms with E-state index >= 15 is 0 Å². The number of halogens is 5. The third kappa shape index (κ3) is 7.81. The van der Waals surface area contributed by atoms with Crippen LogP contribution in [0, 0.1) is 11.6 Å². The molecular weight excluding hydrogens is 565 g/mol. The lowest BCUT2D eigenvalue weighted by Crippen LogP contribution is -2.53. The SMILES string of the molecule is CCCCN1CC[C@]2(c3ccc(OC)c(OC)c3)CC[C@@H](NC(=O)Nc3ccc(F)c(F)c3)C[C@H]12.O=C(O)C(F)(F)F. The van der Waals surface area contributed by atoms with Gasteiger partial charge in [-0.15, -0.1) is 0 Å². The van der Waals surface area contributed by atoms with Crippen LogP contribution in [0.4, 0.5) is 32.4 Å². The van der Waals surface area contributed by atoms with Gasteiger partial charge in [-0.25, -0.2) is 18.4 Å². The van der Waals surface area contributed by atoms with E-state index in [-0.39, 0.29) is 23.2 Å². The van der Waals surface area contributed by atoms with Crippen molar-refractivity contribution in [2.75, 3.05) is 32.6 Å². The number of carboxylic acid groups (broad SMARTS) is 1. The highest BCUT2D eigenvalue weighted by atomic mass is 19.4. The van der Waals surface area contributed by atoms with Crippen molar-refractivity contribution in [3.63, 3.8) is 0 Å². The Kier molecular flexibility index (Phi) is 11.0. The van der Waals surface area contributed by atoms with E-state index in [2.05, 4.69) is 34.6 Å². The van der Waals surface area contributed by atoms with Crippen LogP contribution in [-0.4, -0.2) is 67.6 Å². The normalized spacial score (nSPS) is 21.9. The topological polar surface area (TPSA) is 100 Å². The number of fused-ring (bicyclic) bond motifs is 1. The fraction of sp³-hybridized carbons (Fsp3) is 0.517. The molecule has 232 valence electrons. The highest BCUT2D eigenvalue weighted by Crippen LogP contribution is 2.50. The summed E-state index contributed by atoms with van der Waals surface area (Å²) in [5.74, 6) is -3.24. The Morgan fingerprint density at radius 3 is 2.33 bits per heavy atom. The van der Waals surface area contributed by atoms with Gasteiger partial charge in [0.15, 0.2) is 23.1 Å². The Morgan fingerprint density at radius 1 is 1.05 bits per heavy atom. The molecule has 2 aromatic rings. The molecule has 2 aliphatic rings. The predicted octanol–water partition coefficient (Wildman–Crippen LogP) is 6.10. The van der Waals surface area contributed by atoms with Crippen LogP contribution >= 0.6 is 0 Å². The molecule has 13 heteroatoms. The van der Waals surface area contributed by atoms with Crippen molar-refractivity contribution in [3.8, 4) is 11.5 Å². The molecule has 1 heterocycles. The molecule has 42 heavy (non-hydrogen) atoms. The Hall–Kier alpha value is -3.61. The van der Waals surface area contributed by atoms with Gasteiger partial charge in [0.25, 0.3) is 0 Å². The number of unbranched alkanes of at least 4 members (excludes halogenated alkanes) is 1. The van der Waals surface area contributed by atoms with Gasteiger partial charge < -0.3 is 25.2 Å².